The van der Waals surface area contributed by atoms with Crippen LogP contribution in [0, 0.1) is 0 Å². The van der Waals surface area contributed by atoms with Crippen molar-refractivity contribution in [2.75, 3.05) is 0 Å². The number of para-hydroxylation sites is 1. The first-order valence-electron chi connectivity index (χ1n) is 3.49. The van der Waals surface area contributed by atoms with Gasteiger partial charge in [0.1, 0.15) is 0 Å². The van der Waals surface area contributed by atoms with E-state index in [1.165, 1.54) is 6.20 Å². The molecule has 2 aromatic rings. The maximum absolute atomic E-state index is 12.2. The fraction of sp³-hybridized carbons (Fsp3) is 0.125. The number of rotatable bonds is 1. The Morgan fingerprint density at radius 1 is 1.25 bits per heavy atom. The lowest BCUT2D eigenvalue weighted by molar-refractivity contribution is 0.0615. The summed E-state index contributed by atoms with van der Waals surface area (Å²) in [5.74, 6) is 0. The zero-order valence-corrected chi connectivity index (χ0v) is 6.11. The Morgan fingerprint density at radius 3 is 2.75 bits per heavy atom. The third-order valence-corrected chi connectivity index (χ3v) is 1.69. The quantitative estimate of drug-likeness (QED) is 0.637. The molecule has 0 fully saturated rings. The van der Waals surface area contributed by atoms with Gasteiger partial charge in [-0.2, -0.15) is 13.9 Å². The number of halogens is 2. The van der Waals surface area contributed by atoms with Crippen molar-refractivity contribution in [1.29, 1.82) is 0 Å². The third kappa shape index (κ3) is 0.958. The van der Waals surface area contributed by atoms with Crippen molar-refractivity contribution in [2.24, 2.45) is 0 Å². The van der Waals surface area contributed by atoms with Crippen LogP contribution in [-0.4, -0.2) is 9.78 Å². The highest BCUT2D eigenvalue weighted by Gasteiger charge is 2.09. The van der Waals surface area contributed by atoms with Crippen LogP contribution in [0.25, 0.3) is 10.9 Å². The number of nitrogens with zero attached hydrogens (tertiary/aromatic N) is 2. The highest BCUT2D eigenvalue weighted by Crippen LogP contribution is 2.18. The molecule has 12 heavy (non-hydrogen) atoms. The van der Waals surface area contributed by atoms with Gasteiger partial charge in [0.2, 0.25) is 0 Å². The van der Waals surface area contributed by atoms with Crippen molar-refractivity contribution >= 4 is 10.9 Å². The first kappa shape index (κ1) is 7.21. The number of benzene rings is 1. The van der Waals surface area contributed by atoms with Gasteiger partial charge in [-0.15, -0.1) is 0 Å². The summed E-state index contributed by atoms with van der Waals surface area (Å²) in [6.07, 6.45) is 1.43. The van der Waals surface area contributed by atoms with E-state index in [9.17, 15) is 8.78 Å². The summed E-state index contributed by atoms with van der Waals surface area (Å²) in [4.78, 5) is 0. The summed E-state index contributed by atoms with van der Waals surface area (Å²) in [6.45, 7) is -2.56. The Morgan fingerprint density at radius 2 is 2.00 bits per heavy atom. The van der Waals surface area contributed by atoms with Gasteiger partial charge in [0.15, 0.2) is 0 Å². The summed E-state index contributed by atoms with van der Waals surface area (Å²) in [5, 5.41) is 4.30. The summed E-state index contributed by atoms with van der Waals surface area (Å²) in [5.41, 5.74) is 0.465. The minimum atomic E-state index is -2.56. The molecule has 62 valence electrons. The van der Waals surface area contributed by atoms with Gasteiger partial charge in [0.25, 0.3) is 0 Å². The average Bonchev–Trinajstić information content (AvgIpc) is 2.47. The Kier molecular flexibility index (Phi) is 1.53. The van der Waals surface area contributed by atoms with Crippen molar-refractivity contribution in [1.82, 2.24) is 9.78 Å². The van der Waals surface area contributed by atoms with Gasteiger partial charge in [-0.05, 0) is 6.07 Å². The molecule has 0 radical (unpaired) electrons. The van der Waals surface area contributed by atoms with Gasteiger partial charge in [0.05, 0.1) is 11.7 Å². The van der Waals surface area contributed by atoms with Gasteiger partial charge < -0.3 is 0 Å². The van der Waals surface area contributed by atoms with Gasteiger partial charge in [-0.3, -0.25) is 0 Å². The van der Waals surface area contributed by atoms with Crippen molar-refractivity contribution < 1.29 is 8.78 Å². The number of hydrogen-bond donors (Lipinski definition) is 0. The highest BCUT2D eigenvalue weighted by molar-refractivity contribution is 5.78. The molecule has 0 N–H and O–H groups in total. The van der Waals surface area contributed by atoms with Crippen LogP contribution in [-0.2, 0) is 0 Å². The van der Waals surface area contributed by atoms with E-state index in [0.717, 1.165) is 5.39 Å². The number of hydrogen-bond acceptors (Lipinski definition) is 1. The summed E-state index contributed by atoms with van der Waals surface area (Å²) in [6, 6.07) is 6.87. The maximum Gasteiger partial charge on any atom is 0.333 e. The van der Waals surface area contributed by atoms with E-state index in [0.29, 0.717) is 10.2 Å². The Balaban J connectivity index is 2.70. The van der Waals surface area contributed by atoms with Crippen LogP contribution in [0.15, 0.2) is 30.5 Å². The minimum absolute atomic E-state index is 0.465. The van der Waals surface area contributed by atoms with E-state index in [1.807, 2.05) is 0 Å². The molecular formula is C8H6F2N2. The molecule has 4 heteroatoms. The fourth-order valence-electron chi connectivity index (χ4n) is 1.15. The van der Waals surface area contributed by atoms with Gasteiger partial charge in [0, 0.05) is 5.39 Å². The first-order valence-corrected chi connectivity index (χ1v) is 3.49. The molecule has 0 saturated heterocycles. The number of fused-ring (bicyclic) bond motifs is 1. The molecule has 0 aliphatic carbocycles. The second kappa shape index (κ2) is 2.55. The van der Waals surface area contributed by atoms with Crippen LogP contribution < -0.4 is 0 Å². The maximum atomic E-state index is 12.2. The Labute approximate surface area is 67.4 Å². The molecule has 1 aromatic heterocycles. The SMILES string of the molecule is FC([18F])n1ncc2ccccc21. The monoisotopic (exact) mass is 167 g/mol. The third-order valence-electron chi connectivity index (χ3n) is 1.69. The molecule has 2 rings (SSSR count). The molecule has 0 saturated carbocycles. The Bertz CT molecular complexity index is 395. The zero-order valence-electron chi connectivity index (χ0n) is 6.11. The molecule has 1 atom stereocenters. The molecule has 0 spiro atoms. The van der Waals surface area contributed by atoms with E-state index >= 15 is 0 Å². The van der Waals surface area contributed by atoms with E-state index in [1.54, 1.807) is 24.3 Å². The van der Waals surface area contributed by atoms with Crippen molar-refractivity contribution in [3.05, 3.63) is 30.5 Å². The molecule has 1 unspecified atom stereocenters. The lowest BCUT2D eigenvalue weighted by Crippen LogP contribution is -1.98. The fourth-order valence-corrected chi connectivity index (χ4v) is 1.15. The predicted molar refractivity (Wildman–Crippen MR) is 41.0 cm³/mol. The van der Waals surface area contributed by atoms with Gasteiger partial charge in [-0.25, -0.2) is 4.68 Å². The van der Waals surface area contributed by atoms with Crippen molar-refractivity contribution in [3.8, 4) is 0 Å². The normalized spacial score (nSPS) is 13.5. The van der Waals surface area contributed by atoms with Crippen LogP contribution in [0.2, 0.25) is 0 Å². The van der Waals surface area contributed by atoms with E-state index in [-0.39, 0.29) is 0 Å². The molecule has 2 nitrogen and oxygen atoms in total. The summed E-state index contributed by atoms with van der Waals surface area (Å²) in [7, 11) is 0. The molecule has 0 aliphatic heterocycles. The highest BCUT2D eigenvalue weighted by atomic mass is 19.2. The Hall–Kier alpha value is -1.45. The van der Waals surface area contributed by atoms with E-state index < -0.39 is 6.55 Å². The summed E-state index contributed by atoms with van der Waals surface area (Å²) < 4.78 is 25.2. The molecule has 0 aliphatic rings. The number of alkyl halides is 2. The molecule has 0 bridgehead atoms. The van der Waals surface area contributed by atoms with E-state index in [2.05, 4.69) is 5.10 Å². The van der Waals surface area contributed by atoms with Crippen LogP contribution in [0.5, 0.6) is 0 Å². The van der Waals surface area contributed by atoms with Crippen LogP contribution >= 0.6 is 0 Å². The van der Waals surface area contributed by atoms with Crippen molar-refractivity contribution in [2.45, 2.75) is 6.55 Å². The van der Waals surface area contributed by atoms with Gasteiger partial charge >= 0.3 is 6.55 Å². The standard InChI is InChI=1S/C8H6F2N2/c9-8(10)12-7-4-2-1-3-6(7)5-11-12/h1-5,8H/i9-1. The van der Waals surface area contributed by atoms with E-state index in [4.69, 9.17) is 0 Å². The molecule has 1 aromatic carbocycles. The minimum Gasteiger partial charge on any atom is -0.204 e. The lowest BCUT2D eigenvalue weighted by Gasteiger charge is -1.99. The summed E-state index contributed by atoms with van der Waals surface area (Å²) >= 11 is 0. The predicted octanol–water partition coefficient (Wildman–Crippen LogP) is 2.43. The average molecular weight is 167 g/mol. The molecule has 1 heterocycles. The molecular weight excluding hydrogens is 161 g/mol. The van der Waals surface area contributed by atoms with Crippen LogP contribution in [0.1, 0.15) is 6.55 Å². The van der Waals surface area contributed by atoms with Crippen LogP contribution in [0.4, 0.5) is 8.78 Å². The van der Waals surface area contributed by atoms with Gasteiger partial charge in [-0.1, -0.05) is 18.2 Å². The van der Waals surface area contributed by atoms with Crippen LogP contribution in [0.3, 0.4) is 0 Å². The topological polar surface area (TPSA) is 17.8 Å². The number of aromatic nitrogens is 2. The smallest absolute Gasteiger partial charge is 0.204 e. The lowest BCUT2D eigenvalue weighted by atomic mass is 10.3. The zero-order chi connectivity index (χ0) is 8.55. The molecule has 0 amide bonds. The largest absolute Gasteiger partial charge is 0.333 e. The van der Waals surface area contributed by atoms with Crippen molar-refractivity contribution in [3.63, 3.8) is 0 Å². The second-order valence-electron chi connectivity index (χ2n) is 2.43. The first-order chi connectivity index (χ1) is 5.79. The second-order valence-corrected chi connectivity index (χ2v) is 2.43.